The molecule has 0 fully saturated rings. The molecule has 7 nitrogen and oxygen atoms in total. The van der Waals surface area contributed by atoms with Crippen molar-refractivity contribution in [3.8, 4) is 12.3 Å². The maximum atomic E-state index is 11.1. The topological polar surface area (TPSA) is 88.1 Å². The second kappa shape index (κ2) is 6.61. The van der Waals surface area contributed by atoms with Gasteiger partial charge in [-0.1, -0.05) is 5.92 Å². The van der Waals surface area contributed by atoms with Crippen LogP contribution in [-0.2, 0) is 33.3 Å². The summed E-state index contributed by atoms with van der Waals surface area (Å²) in [5, 5.41) is 0. The highest BCUT2D eigenvalue weighted by molar-refractivity contribution is 5.68. The van der Waals surface area contributed by atoms with Gasteiger partial charge >= 0.3 is 17.9 Å². The highest BCUT2D eigenvalue weighted by Gasteiger charge is 2.39. The first-order chi connectivity index (χ1) is 9.33. The molecule has 1 heterocycles. The van der Waals surface area contributed by atoms with Crippen molar-refractivity contribution in [2.75, 3.05) is 0 Å². The molecule has 3 unspecified atom stereocenters. The summed E-state index contributed by atoms with van der Waals surface area (Å²) < 4.78 is 19.9. The molecule has 0 aromatic carbocycles. The maximum absolute atomic E-state index is 11.1. The van der Waals surface area contributed by atoms with Crippen LogP contribution in [0.3, 0.4) is 0 Å². The molecule has 3 atom stereocenters. The van der Waals surface area contributed by atoms with Crippen LogP contribution in [0.4, 0.5) is 0 Å². The zero-order valence-corrected chi connectivity index (χ0v) is 11.2. The second-order valence-electron chi connectivity index (χ2n) is 3.93. The minimum Gasteiger partial charge on any atom is -0.454 e. The van der Waals surface area contributed by atoms with Crippen molar-refractivity contribution in [3.05, 3.63) is 12.0 Å². The van der Waals surface area contributed by atoms with Crippen molar-refractivity contribution >= 4 is 17.9 Å². The Hall–Kier alpha value is -2.49. The van der Waals surface area contributed by atoms with Gasteiger partial charge in [-0.05, 0) is 0 Å². The van der Waals surface area contributed by atoms with E-state index in [1.165, 1.54) is 26.8 Å². The lowest BCUT2D eigenvalue weighted by atomic mass is 10.1. The predicted octanol–water partition coefficient (Wildman–Crippen LogP) is 0.286. The van der Waals surface area contributed by atoms with Crippen LogP contribution in [0.15, 0.2) is 12.0 Å². The summed E-state index contributed by atoms with van der Waals surface area (Å²) in [6, 6.07) is 0. The summed E-state index contributed by atoms with van der Waals surface area (Å²) in [6.45, 7) is 3.54. The highest BCUT2D eigenvalue weighted by atomic mass is 16.7. The zero-order chi connectivity index (χ0) is 15.3. The van der Waals surface area contributed by atoms with Gasteiger partial charge in [0.2, 0.25) is 6.10 Å². The average molecular weight is 282 g/mol. The van der Waals surface area contributed by atoms with Crippen molar-refractivity contribution in [1.82, 2.24) is 0 Å². The molecule has 0 spiro atoms. The normalized spacial score (nSPS) is 24.5. The van der Waals surface area contributed by atoms with E-state index in [0.29, 0.717) is 0 Å². The third-order valence-corrected chi connectivity index (χ3v) is 2.18. The van der Waals surface area contributed by atoms with Gasteiger partial charge in [-0.3, -0.25) is 14.4 Å². The molecule has 0 saturated heterocycles. The monoisotopic (exact) mass is 282 g/mol. The van der Waals surface area contributed by atoms with E-state index in [4.69, 9.17) is 25.4 Å². The smallest absolute Gasteiger partial charge is 0.310 e. The molecule has 108 valence electrons. The van der Waals surface area contributed by atoms with Crippen LogP contribution in [-0.4, -0.2) is 36.2 Å². The molecule has 20 heavy (non-hydrogen) atoms. The van der Waals surface area contributed by atoms with E-state index in [1.54, 1.807) is 0 Å². The minimum absolute atomic E-state index is 0.199. The zero-order valence-electron chi connectivity index (χ0n) is 11.2. The molecule has 0 radical (unpaired) electrons. The van der Waals surface area contributed by atoms with Gasteiger partial charge in [0, 0.05) is 26.8 Å². The third kappa shape index (κ3) is 4.31. The summed E-state index contributed by atoms with van der Waals surface area (Å²) in [4.78, 5) is 33.1. The van der Waals surface area contributed by atoms with E-state index in [1.807, 2.05) is 0 Å². The number of esters is 3. The molecule has 0 bridgehead atoms. The Balaban J connectivity index is 3.04. The highest BCUT2D eigenvalue weighted by Crippen LogP contribution is 2.24. The van der Waals surface area contributed by atoms with Crippen LogP contribution in [0.25, 0.3) is 0 Å². The van der Waals surface area contributed by atoms with Gasteiger partial charge in [0.15, 0.2) is 12.2 Å². The lowest BCUT2D eigenvalue weighted by Gasteiger charge is -2.32. The van der Waals surface area contributed by atoms with Gasteiger partial charge in [-0.2, -0.15) is 0 Å². The number of carbonyl (C=O) groups excluding carboxylic acids is 3. The van der Waals surface area contributed by atoms with E-state index in [0.717, 1.165) is 0 Å². The van der Waals surface area contributed by atoms with Crippen molar-refractivity contribution in [1.29, 1.82) is 0 Å². The van der Waals surface area contributed by atoms with E-state index in [-0.39, 0.29) is 5.95 Å². The Labute approximate surface area is 115 Å². The van der Waals surface area contributed by atoms with Crippen LogP contribution >= 0.6 is 0 Å². The number of hydrogen-bond acceptors (Lipinski definition) is 7. The Morgan fingerprint density at radius 2 is 1.75 bits per heavy atom. The molecule has 0 aromatic heterocycles. The first kappa shape index (κ1) is 15.6. The fourth-order valence-electron chi connectivity index (χ4n) is 1.57. The van der Waals surface area contributed by atoms with Crippen LogP contribution in [0, 0.1) is 12.3 Å². The first-order valence-electron chi connectivity index (χ1n) is 5.71. The number of terminal acetylenes is 1. The van der Waals surface area contributed by atoms with Gasteiger partial charge in [-0.25, -0.2) is 0 Å². The summed E-state index contributed by atoms with van der Waals surface area (Å²) in [7, 11) is 0. The molecule has 0 aliphatic carbocycles. The van der Waals surface area contributed by atoms with Crippen LogP contribution in [0.1, 0.15) is 20.8 Å². The number of ether oxygens (including phenoxy) is 4. The lowest BCUT2D eigenvalue weighted by Crippen LogP contribution is -2.46. The lowest BCUT2D eigenvalue weighted by molar-refractivity contribution is -0.177. The van der Waals surface area contributed by atoms with Crippen molar-refractivity contribution in [2.24, 2.45) is 0 Å². The van der Waals surface area contributed by atoms with E-state index < -0.39 is 36.2 Å². The standard InChI is InChI=1S/C13H14O7/c1-5-10-13(19-9(4)16)11(17-7(2)14)6-12(20-10)18-8(3)15/h1,6,10-11,13H,2-4H3. The molecule has 0 N–H and O–H groups in total. The molecule has 1 rings (SSSR count). The van der Waals surface area contributed by atoms with Gasteiger partial charge in [0.05, 0.1) is 0 Å². The molecular weight excluding hydrogens is 268 g/mol. The third-order valence-electron chi connectivity index (χ3n) is 2.18. The van der Waals surface area contributed by atoms with E-state index in [2.05, 4.69) is 5.92 Å². The van der Waals surface area contributed by atoms with Gasteiger partial charge in [0.25, 0.3) is 5.95 Å². The molecule has 7 heteroatoms. The largest absolute Gasteiger partial charge is 0.454 e. The van der Waals surface area contributed by atoms with Gasteiger partial charge in [0.1, 0.15) is 0 Å². The molecule has 1 aliphatic heterocycles. The summed E-state index contributed by atoms with van der Waals surface area (Å²) in [6.07, 6.45) is 3.44. The second-order valence-corrected chi connectivity index (χ2v) is 3.93. The number of hydrogen-bond donors (Lipinski definition) is 0. The van der Waals surface area contributed by atoms with Gasteiger partial charge < -0.3 is 18.9 Å². The molecule has 0 saturated carbocycles. The summed E-state index contributed by atoms with van der Waals surface area (Å²) in [5.41, 5.74) is 0. The molecule has 0 aromatic rings. The van der Waals surface area contributed by atoms with Crippen LogP contribution < -0.4 is 0 Å². The summed E-state index contributed by atoms with van der Waals surface area (Å²) in [5.74, 6) is 0.200. The van der Waals surface area contributed by atoms with E-state index >= 15 is 0 Å². The summed E-state index contributed by atoms with van der Waals surface area (Å²) >= 11 is 0. The quantitative estimate of drug-likeness (QED) is 0.417. The Kier molecular flexibility index (Phi) is 5.15. The number of rotatable bonds is 3. The van der Waals surface area contributed by atoms with Crippen molar-refractivity contribution in [3.63, 3.8) is 0 Å². The SMILES string of the molecule is C#CC1OC(OC(C)=O)=CC(OC(C)=O)C1OC(C)=O. The number of carbonyl (C=O) groups is 3. The van der Waals surface area contributed by atoms with Crippen LogP contribution in [0.2, 0.25) is 0 Å². The van der Waals surface area contributed by atoms with E-state index in [9.17, 15) is 14.4 Å². The Morgan fingerprint density at radius 1 is 1.15 bits per heavy atom. The van der Waals surface area contributed by atoms with Crippen molar-refractivity contribution in [2.45, 2.75) is 39.1 Å². The van der Waals surface area contributed by atoms with Crippen molar-refractivity contribution < 1.29 is 33.3 Å². The Bertz CT molecular complexity index is 485. The molecule has 0 amide bonds. The fraction of sp³-hybridized carbons (Fsp3) is 0.462. The molecular formula is C13H14O7. The maximum Gasteiger partial charge on any atom is 0.310 e. The minimum atomic E-state index is -1.04. The molecule has 1 aliphatic rings. The van der Waals surface area contributed by atoms with Gasteiger partial charge in [-0.15, -0.1) is 6.42 Å². The van der Waals surface area contributed by atoms with Crippen LogP contribution in [0.5, 0.6) is 0 Å². The average Bonchev–Trinajstić information content (AvgIpc) is 2.30. The predicted molar refractivity (Wildman–Crippen MR) is 64.7 cm³/mol. The first-order valence-corrected chi connectivity index (χ1v) is 5.71. The Morgan fingerprint density at radius 3 is 2.20 bits per heavy atom. The fourth-order valence-corrected chi connectivity index (χ4v) is 1.57.